The van der Waals surface area contributed by atoms with Crippen LogP contribution in [0, 0.1) is 0 Å². The molecule has 1 aromatic carbocycles. The van der Waals surface area contributed by atoms with E-state index < -0.39 is 10.0 Å². The fourth-order valence-corrected chi connectivity index (χ4v) is 4.19. The van der Waals surface area contributed by atoms with Crippen LogP contribution in [-0.2, 0) is 26.1 Å². The Labute approximate surface area is 126 Å². The molecule has 1 aliphatic heterocycles. The number of benzene rings is 1. The van der Waals surface area contributed by atoms with Gasteiger partial charge in [-0.15, -0.1) is 0 Å². The highest BCUT2D eigenvalue weighted by atomic mass is 79.9. The topological polar surface area (TPSA) is 66.9 Å². The number of amides is 1. The first-order valence-electron chi connectivity index (χ1n) is 5.92. The highest BCUT2D eigenvalue weighted by molar-refractivity contribution is 9.10. The summed E-state index contributed by atoms with van der Waals surface area (Å²) in [6.45, 7) is 2.04. The predicted octanol–water partition coefficient (Wildman–Crippen LogP) is 1.54. The molecule has 0 atom stereocenters. The van der Waals surface area contributed by atoms with Gasteiger partial charge in [-0.1, -0.05) is 4.47 Å². The van der Waals surface area contributed by atoms with Gasteiger partial charge in [-0.25, -0.2) is 8.42 Å². The number of carbonyl (C=O) groups is 1. The van der Waals surface area contributed by atoms with E-state index in [4.69, 9.17) is 4.84 Å². The lowest BCUT2D eigenvalue weighted by atomic mass is 10.2. The van der Waals surface area contributed by atoms with Gasteiger partial charge in [0, 0.05) is 30.7 Å². The molecule has 1 amide bonds. The lowest BCUT2D eigenvalue weighted by Crippen LogP contribution is -2.28. The van der Waals surface area contributed by atoms with E-state index in [1.165, 1.54) is 27.1 Å². The van der Waals surface area contributed by atoms with Crippen molar-refractivity contribution in [2.45, 2.75) is 18.2 Å². The summed E-state index contributed by atoms with van der Waals surface area (Å²) in [7, 11) is -1.17. The van der Waals surface area contributed by atoms with E-state index in [2.05, 4.69) is 15.9 Å². The number of rotatable bonds is 3. The van der Waals surface area contributed by atoms with E-state index in [1.807, 2.05) is 0 Å². The van der Waals surface area contributed by atoms with Gasteiger partial charge in [-0.3, -0.25) is 9.63 Å². The number of hydrogen-bond donors (Lipinski definition) is 0. The van der Waals surface area contributed by atoms with Crippen molar-refractivity contribution in [2.24, 2.45) is 0 Å². The molecule has 2 rings (SSSR count). The van der Waals surface area contributed by atoms with Gasteiger partial charge in [0.05, 0.1) is 7.11 Å². The van der Waals surface area contributed by atoms with Crippen molar-refractivity contribution in [2.75, 3.05) is 25.6 Å². The third kappa shape index (κ3) is 2.48. The summed E-state index contributed by atoms with van der Waals surface area (Å²) in [5, 5.41) is 0. The van der Waals surface area contributed by atoms with E-state index in [0.717, 1.165) is 10.0 Å². The highest BCUT2D eigenvalue weighted by Gasteiger charge is 2.29. The van der Waals surface area contributed by atoms with Crippen LogP contribution in [0.4, 0.5) is 5.69 Å². The molecule has 6 nitrogen and oxygen atoms in total. The molecule has 0 radical (unpaired) electrons. The summed E-state index contributed by atoms with van der Waals surface area (Å²) in [5.74, 6) is -0.102. The summed E-state index contributed by atoms with van der Waals surface area (Å²) >= 11 is 3.28. The Balaban J connectivity index is 2.58. The Morgan fingerprint density at radius 3 is 2.65 bits per heavy atom. The summed E-state index contributed by atoms with van der Waals surface area (Å²) in [6.07, 6.45) is 0.716. The van der Waals surface area contributed by atoms with Crippen LogP contribution in [-0.4, -0.2) is 39.5 Å². The highest BCUT2D eigenvalue weighted by Crippen LogP contribution is 2.36. The molecule has 0 aromatic heterocycles. The lowest BCUT2D eigenvalue weighted by Gasteiger charge is -2.19. The van der Waals surface area contributed by atoms with Crippen LogP contribution in [0.15, 0.2) is 21.5 Å². The molecule has 0 bridgehead atoms. The monoisotopic (exact) mass is 362 g/mol. The fourth-order valence-electron chi connectivity index (χ4n) is 2.15. The van der Waals surface area contributed by atoms with Crippen molar-refractivity contribution in [3.63, 3.8) is 0 Å². The van der Waals surface area contributed by atoms with Crippen LogP contribution in [0.3, 0.4) is 0 Å². The second kappa shape index (κ2) is 5.44. The molecule has 0 spiro atoms. The van der Waals surface area contributed by atoms with E-state index in [1.54, 1.807) is 11.0 Å². The van der Waals surface area contributed by atoms with Gasteiger partial charge in [0.1, 0.15) is 4.90 Å². The van der Waals surface area contributed by atoms with Gasteiger partial charge in [-0.2, -0.15) is 0 Å². The molecule has 0 N–H and O–H groups in total. The van der Waals surface area contributed by atoms with Gasteiger partial charge in [0.15, 0.2) is 0 Å². The van der Waals surface area contributed by atoms with Crippen LogP contribution in [0.1, 0.15) is 12.5 Å². The summed E-state index contributed by atoms with van der Waals surface area (Å²) < 4.78 is 25.9. The average molecular weight is 363 g/mol. The number of carbonyl (C=O) groups excluding carboxylic acids is 1. The van der Waals surface area contributed by atoms with Crippen molar-refractivity contribution in [1.82, 2.24) is 4.47 Å². The Morgan fingerprint density at radius 1 is 1.45 bits per heavy atom. The normalized spacial score (nSPS) is 14.8. The van der Waals surface area contributed by atoms with Crippen LogP contribution in [0.2, 0.25) is 0 Å². The third-order valence-corrected chi connectivity index (χ3v) is 5.92. The minimum atomic E-state index is -3.76. The fraction of sp³-hybridized carbons (Fsp3) is 0.417. The predicted molar refractivity (Wildman–Crippen MR) is 77.8 cm³/mol. The average Bonchev–Trinajstić information content (AvgIpc) is 2.79. The molecule has 1 aliphatic rings. The molecule has 1 heterocycles. The molecule has 0 saturated heterocycles. The molecular formula is C12H15BrN2O4S. The maximum atomic E-state index is 12.3. The van der Waals surface area contributed by atoms with Crippen molar-refractivity contribution in [3.8, 4) is 0 Å². The Bertz CT molecular complexity index is 660. The van der Waals surface area contributed by atoms with Gasteiger partial charge in [0.2, 0.25) is 5.91 Å². The summed E-state index contributed by atoms with van der Waals surface area (Å²) in [4.78, 5) is 18.0. The van der Waals surface area contributed by atoms with Crippen LogP contribution >= 0.6 is 15.9 Å². The third-order valence-electron chi connectivity index (χ3n) is 3.28. The zero-order valence-electron chi connectivity index (χ0n) is 11.4. The second-order valence-corrected chi connectivity index (χ2v) is 7.19. The molecule has 20 heavy (non-hydrogen) atoms. The molecule has 0 aliphatic carbocycles. The van der Waals surface area contributed by atoms with E-state index in [-0.39, 0.29) is 10.8 Å². The number of halogens is 1. The Morgan fingerprint density at radius 2 is 2.10 bits per heavy atom. The standard InChI is InChI=1S/C12H15BrN2O4S/c1-8(16)15-5-4-9-6-10(13)12(7-11(9)15)20(17,18)14(2)19-3/h6-7H,4-5H2,1-3H3. The minimum absolute atomic E-state index is 0.0775. The second-order valence-electron chi connectivity index (χ2n) is 4.43. The van der Waals surface area contributed by atoms with Crippen molar-refractivity contribution < 1.29 is 18.0 Å². The zero-order valence-corrected chi connectivity index (χ0v) is 13.8. The van der Waals surface area contributed by atoms with Crippen molar-refractivity contribution >= 4 is 37.5 Å². The smallest absolute Gasteiger partial charge is 0.265 e. The first-order chi connectivity index (χ1) is 9.28. The van der Waals surface area contributed by atoms with Crippen molar-refractivity contribution in [1.29, 1.82) is 0 Å². The molecule has 110 valence electrons. The summed E-state index contributed by atoms with van der Waals surface area (Å²) in [6, 6.07) is 3.26. The lowest BCUT2D eigenvalue weighted by molar-refractivity contribution is -0.116. The van der Waals surface area contributed by atoms with E-state index in [9.17, 15) is 13.2 Å². The number of sulfonamides is 1. The first kappa shape index (κ1) is 15.4. The number of nitrogens with zero attached hydrogens (tertiary/aromatic N) is 2. The Hall–Kier alpha value is -0.960. The number of anilines is 1. The van der Waals surface area contributed by atoms with Gasteiger partial charge >= 0.3 is 0 Å². The molecule has 0 saturated carbocycles. The number of fused-ring (bicyclic) bond motifs is 1. The van der Waals surface area contributed by atoms with Crippen LogP contribution in [0.25, 0.3) is 0 Å². The number of hydroxylamine groups is 1. The van der Waals surface area contributed by atoms with Crippen molar-refractivity contribution in [3.05, 3.63) is 22.2 Å². The quantitative estimate of drug-likeness (QED) is 0.765. The molecular weight excluding hydrogens is 348 g/mol. The summed E-state index contributed by atoms with van der Waals surface area (Å²) in [5.41, 5.74) is 1.59. The Kier molecular flexibility index (Phi) is 4.19. The van der Waals surface area contributed by atoms with Gasteiger partial charge < -0.3 is 4.90 Å². The van der Waals surface area contributed by atoms with Crippen LogP contribution in [0.5, 0.6) is 0 Å². The van der Waals surface area contributed by atoms with Crippen LogP contribution < -0.4 is 4.90 Å². The first-order valence-corrected chi connectivity index (χ1v) is 8.16. The van der Waals surface area contributed by atoms with E-state index in [0.29, 0.717) is 23.1 Å². The van der Waals surface area contributed by atoms with Gasteiger partial charge in [-0.05, 0) is 40.0 Å². The molecule has 0 unspecified atom stereocenters. The maximum absolute atomic E-state index is 12.3. The minimum Gasteiger partial charge on any atom is -0.312 e. The largest absolute Gasteiger partial charge is 0.312 e. The molecule has 8 heteroatoms. The van der Waals surface area contributed by atoms with E-state index >= 15 is 0 Å². The SMILES string of the molecule is CON(C)S(=O)(=O)c1cc2c(cc1Br)CCN2C(C)=O. The zero-order chi connectivity index (χ0) is 15.1. The molecule has 0 fully saturated rings. The van der Waals surface area contributed by atoms with Gasteiger partial charge in [0.25, 0.3) is 10.0 Å². The maximum Gasteiger partial charge on any atom is 0.265 e. The molecule has 1 aromatic rings. The number of hydrogen-bond acceptors (Lipinski definition) is 4.